The molecule has 3 rings (SSSR count). The zero-order valence-corrected chi connectivity index (χ0v) is 15.3. The van der Waals surface area contributed by atoms with Crippen molar-refractivity contribution in [3.05, 3.63) is 78.6 Å². The number of rotatable bonds is 5. The Morgan fingerprint density at radius 1 is 1.00 bits per heavy atom. The van der Waals surface area contributed by atoms with E-state index in [-0.39, 0.29) is 0 Å². The van der Waals surface area contributed by atoms with Gasteiger partial charge in [0, 0.05) is 11.6 Å². The van der Waals surface area contributed by atoms with Crippen molar-refractivity contribution in [1.82, 2.24) is 0 Å². The molecule has 1 aromatic heterocycles. The minimum Gasteiger partial charge on any atom is -0.750 e. The lowest BCUT2D eigenvalue weighted by molar-refractivity contribution is -0.139. The van der Waals surface area contributed by atoms with E-state index in [0.717, 1.165) is 17.1 Å². The van der Waals surface area contributed by atoms with Gasteiger partial charge in [0.15, 0.2) is 6.61 Å². The van der Waals surface area contributed by atoms with Gasteiger partial charge in [-0.3, -0.25) is 4.18 Å². The summed E-state index contributed by atoms with van der Waals surface area (Å²) in [6.07, 6.45) is 0. The summed E-state index contributed by atoms with van der Waals surface area (Å²) in [6, 6.07) is 24.7. The van der Waals surface area contributed by atoms with Gasteiger partial charge in [0.2, 0.25) is 0 Å². The summed E-state index contributed by atoms with van der Waals surface area (Å²) in [7, 11) is 0. The largest absolute Gasteiger partial charge is 0.750 e. The van der Waals surface area contributed by atoms with Gasteiger partial charge in [-0.25, -0.2) is 13.4 Å². The lowest BCUT2D eigenvalue weighted by Crippen LogP contribution is -2.07. The highest BCUT2D eigenvalue weighted by molar-refractivity contribution is 7.74. The number of aryl methyl sites for hydroxylation is 1. The van der Waals surface area contributed by atoms with Crippen LogP contribution in [0.3, 0.4) is 0 Å². The van der Waals surface area contributed by atoms with Crippen LogP contribution in [-0.4, -0.2) is 26.4 Å². The third kappa shape index (κ3) is 7.10. The molecule has 140 valence electrons. The van der Waals surface area contributed by atoms with Crippen LogP contribution in [0.5, 0.6) is 0 Å². The second-order valence-electron chi connectivity index (χ2n) is 5.41. The predicted octanol–water partition coefficient (Wildman–Crippen LogP) is 4.08. The number of aliphatic carboxylic acids is 1. The summed E-state index contributed by atoms with van der Waals surface area (Å²) in [5, 5.41) is 7.76. The van der Waals surface area contributed by atoms with Crippen LogP contribution in [0, 0.1) is 6.92 Å². The Hall–Kier alpha value is -2.87. The summed E-state index contributed by atoms with van der Waals surface area (Å²) < 4.78 is 28.3. The molecule has 2 aromatic carbocycles. The first-order chi connectivity index (χ1) is 13.0. The molecule has 1 heterocycles. The van der Waals surface area contributed by atoms with Gasteiger partial charge < -0.3 is 9.66 Å². The van der Waals surface area contributed by atoms with E-state index >= 15 is 0 Å². The van der Waals surface area contributed by atoms with Crippen molar-refractivity contribution in [3.63, 3.8) is 0 Å². The maximum Gasteiger partial charge on any atom is 0.360 e. The molecular formula is C20H18O6S. The van der Waals surface area contributed by atoms with Crippen molar-refractivity contribution in [2.75, 3.05) is 6.61 Å². The van der Waals surface area contributed by atoms with Gasteiger partial charge in [0.05, 0.1) is 29.9 Å². The van der Waals surface area contributed by atoms with Crippen LogP contribution in [0.2, 0.25) is 0 Å². The molecule has 0 spiro atoms. The lowest BCUT2D eigenvalue weighted by Gasteiger charge is -2.00. The maximum absolute atomic E-state index is 9.51. The van der Waals surface area contributed by atoms with Crippen molar-refractivity contribution in [1.29, 1.82) is 0 Å². The number of carbonyl (C=O) groups is 1. The van der Waals surface area contributed by atoms with E-state index in [1.165, 1.54) is 11.1 Å². The second-order valence-corrected chi connectivity index (χ2v) is 6.06. The molecule has 1 N–H and O–H groups in total. The first-order valence-electron chi connectivity index (χ1n) is 7.95. The van der Waals surface area contributed by atoms with E-state index in [1.807, 2.05) is 31.2 Å². The van der Waals surface area contributed by atoms with Gasteiger partial charge >= 0.3 is 17.5 Å². The first-order valence-corrected chi connectivity index (χ1v) is 8.95. The average molecular weight is 386 g/mol. The Balaban J connectivity index is 0.000000279. The number of benzene rings is 2. The molecule has 0 radical (unpaired) electrons. The quantitative estimate of drug-likeness (QED) is 0.524. The van der Waals surface area contributed by atoms with Crippen LogP contribution in [0.25, 0.3) is 22.5 Å². The molecule has 1 atom stereocenters. The van der Waals surface area contributed by atoms with Crippen LogP contribution >= 0.6 is 0 Å². The van der Waals surface area contributed by atoms with Gasteiger partial charge in [0.1, 0.15) is 0 Å². The Labute approximate surface area is 159 Å². The van der Waals surface area contributed by atoms with E-state index in [4.69, 9.17) is 9.52 Å². The zero-order chi connectivity index (χ0) is 19.6. The van der Waals surface area contributed by atoms with Crippen LogP contribution in [0.1, 0.15) is 5.76 Å². The fourth-order valence-electron chi connectivity index (χ4n) is 2.27. The van der Waals surface area contributed by atoms with Crippen LogP contribution in [0.4, 0.5) is 0 Å². The Bertz CT molecular complexity index is 825. The molecule has 0 aliphatic rings. The maximum atomic E-state index is 9.51. The van der Waals surface area contributed by atoms with Crippen molar-refractivity contribution in [2.45, 2.75) is 6.92 Å². The normalized spacial score (nSPS) is 11.2. The van der Waals surface area contributed by atoms with Crippen molar-refractivity contribution in [3.8, 4) is 22.5 Å². The standard InChI is InChI=1S/C18H15O.C2H4O5S/c1-14-12-17(15-8-4-2-5-9-15)13-18(19-14)16-10-6-3-7-11-16;3-2(4)1-7-8(5)6/h2-13H,1H3;1H2,(H,3,4)(H,5,6)/q+1;/p-1. The third-order valence-electron chi connectivity index (χ3n) is 3.36. The Morgan fingerprint density at radius 3 is 2.04 bits per heavy atom. The smallest absolute Gasteiger partial charge is 0.360 e. The highest BCUT2D eigenvalue weighted by atomic mass is 32.2. The SMILES string of the molecule is Cc1cc(-c2ccccc2)cc(-c2ccccc2)[o+]1.O=C(O)COS(=O)[O-]. The first kappa shape index (κ1) is 20.4. The topological polar surface area (TPSA) is 98.0 Å². The van der Waals surface area contributed by atoms with E-state index < -0.39 is 23.9 Å². The monoisotopic (exact) mass is 386 g/mol. The van der Waals surface area contributed by atoms with E-state index in [1.54, 1.807) is 0 Å². The zero-order valence-electron chi connectivity index (χ0n) is 14.5. The van der Waals surface area contributed by atoms with E-state index in [2.05, 4.69) is 52.7 Å². The molecule has 27 heavy (non-hydrogen) atoms. The molecule has 0 saturated heterocycles. The minimum atomic E-state index is -2.72. The summed E-state index contributed by atoms with van der Waals surface area (Å²) >= 11 is -2.72. The minimum absolute atomic E-state index is 0.809. The molecular weight excluding hydrogens is 368 g/mol. The summed E-state index contributed by atoms with van der Waals surface area (Å²) in [4.78, 5) is 9.51. The Morgan fingerprint density at radius 2 is 1.56 bits per heavy atom. The van der Waals surface area contributed by atoms with Gasteiger partial charge in [0.25, 0.3) is 0 Å². The summed E-state index contributed by atoms with van der Waals surface area (Å²) in [5.41, 5.74) is 3.49. The van der Waals surface area contributed by atoms with Gasteiger partial charge in [-0.1, -0.05) is 48.5 Å². The van der Waals surface area contributed by atoms with Gasteiger partial charge in [-0.05, 0) is 17.7 Å². The lowest BCUT2D eigenvalue weighted by atomic mass is 10.0. The fourth-order valence-corrected chi connectivity index (χ4v) is 2.47. The second kappa shape index (κ2) is 10.3. The molecule has 0 bridgehead atoms. The van der Waals surface area contributed by atoms with E-state index in [0.29, 0.717) is 0 Å². The molecule has 7 heteroatoms. The van der Waals surface area contributed by atoms with Crippen molar-refractivity contribution < 1.29 is 27.3 Å². The fraction of sp³-hybridized carbons (Fsp3) is 0.100. The average Bonchev–Trinajstić information content (AvgIpc) is 2.68. The number of hydrogen-bond acceptors (Lipinski definition) is 4. The van der Waals surface area contributed by atoms with Gasteiger partial charge in [-0.15, -0.1) is 0 Å². The summed E-state index contributed by atoms with van der Waals surface area (Å²) in [5.74, 6) is 0.508. The molecule has 6 nitrogen and oxygen atoms in total. The Kier molecular flexibility index (Phi) is 7.81. The highest BCUT2D eigenvalue weighted by Crippen LogP contribution is 2.27. The van der Waals surface area contributed by atoms with Crippen molar-refractivity contribution in [2.24, 2.45) is 0 Å². The number of carboxylic acids is 1. The highest BCUT2D eigenvalue weighted by Gasteiger charge is 2.15. The molecule has 0 saturated carbocycles. The van der Waals surface area contributed by atoms with Crippen LogP contribution < -0.4 is 0 Å². The molecule has 0 aliphatic heterocycles. The molecule has 0 amide bonds. The molecule has 1 unspecified atom stereocenters. The van der Waals surface area contributed by atoms with Crippen LogP contribution in [0.15, 0.2) is 77.2 Å². The molecule has 0 fully saturated rings. The number of hydrogen-bond donors (Lipinski definition) is 1. The third-order valence-corrected chi connectivity index (χ3v) is 3.67. The van der Waals surface area contributed by atoms with Crippen LogP contribution in [-0.2, 0) is 20.3 Å². The van der Waals surface area contributed by atoms with E-state index in [9.17, 15) is 13.6 Å². The predicted molar refractivity (Wildman–Crippen MR) is 101 cm³/mol. The van der Waals surface area contributed by atoms with Gasteiger partial charge in [-0.2, -0.15) is 0 Å². The number of carboxylic acid groups (broad SMARTS) is 1. The molecule has 0 aliphatic carbocycles. The molecule has 3 aromatic rings. The summed E-state index contributed by atoms with van der Waals surface area (Å²) in [6.45, 7) is 1.18. The van der Waals surface area contributed by atoms with Crippen molar-refractivity contribution >= 4 is 17.3 Å².